The summed E-state index contributed by atoms with van der Waals surface area (Å²) < 4.78 is 67.3. The summed E-state index contributed by atoms with van der Waals surface area (Å²) in [5, 5.41) is 9.90. The van der Waals surface area contributed by atoms with Crippen LogP contribution in [0, 0.1) is 11.7 Å². The fourth-order valence-electron chi connectivity index (χ4n) is 3.89. The molecule has 1 aliphatic heterocycles. The van der Waals surface area contributed by atoms with E-state index in [0.29, 0.717) is 12.6 Å². The zero-order valence-electron chi connectivity index (χ0n) is 17.1. The molecule has 1 aromatic heterocycles. The first-order valence-corrected chi connectivity index (χ1v) is 11.2. The number of anilines is 1. The maximum atomic E-state index is 14.8. The molecule has 0 saturated carbocycles. The van der Waals surface area contributed by atoms with E-state index < -0.39 is 43.2 Å². The Balaban J connectivity index is 1.81. The van der Waals surface area contributed by atoms with Gasteiger partial charge in [0.15, 0.2) is 9.84 Å². The smallest absolute Gasteiger partial charge is 0.321 e. The van der Waals surface area contributed by atoms with Crippen molar-refractivity contribution in [2.24, 2.45) is 5.92 Å². The van der Waals surface area contributed by atoms with Crippen LogP contribution in [0.3, 0.4) is 0 Å². The first-order chi connectivity index (χ1) is 14.5. The van der Waals surface area contributed by atoms with E-state index in [0.717, 1.165) is 25.1 Å². The average molecular weight is 456 g/mol. The Hall–Kier alpha value is -2.69. The van der Waals surface area contributed by atoms with Crippen molar-refractivity contribution in [3.63, 3.8) is 0 Å². The largest absolute Gasteiger partial charge is 0.325 e. The fourth-order valence-corrected chi connectivity index (χ4v) is 6.05. The number of piperidine rings is 1. The van der Waals surface area contributed by atoms with Crippen molar-refractivity contribution in [3.8, 4) is 0 Å². The maximum Gasteiger partial charge on any atom is 0.321 e. The van der Waals surface area contributed by atoms with Crippen molar-refractivity contribution < 1.29 is 26.4 Å². The number of benzene rings is 1. The van der Waals surface area contributed by atoms with Gasteiger partial charge in [-0.3, -0.25) is 0 Å². The van der Waals surface area contributed by atoms with Gasteiger partial charge in [-0.15, -0.1) is 0 Å². The summed E-state index contributed by atoms with van der Waals surface area (Å²) in [4.78, 5) is 13.4. The molecule has 2 heterocycles. The second-order valence-electron chi connectivity index (χ2n) is 7.78. The third kappa shape index (κ3) is 4.36. The van der Waals surface area contributed by atoms with Gasteiger partial charge in [0.2, 0.25) is 0 Å². The molecule has 1 N–H and O–H groups in total. The highest BCUT2D eigenvalue weighted by Gasteiger charge is 2.61. The molecule has 1 saturated heterocycles. The highest BCUT2D eigenvalue weighted by molar-refractivity contribution is 7.93. The number of halogens is 3. The van der Waals surface area contributed by atoms with Crippen molar-refractivity contribution >= 4 is 21.6 Å². The molecule has 1 unspecified atom stereocenters. The van der Waals surface area contributed by atoms with Crippen molar-refractivity contribution in [1.29, 1.82) is 0 Å². The summed E-state index contributed by atoms with van der Waals surface area (Å²) in [7, 11) is -4.59. The van der Waals surface area contributed by atoms with Crippen LogP contribution in [0.2, 0.25) is 0 Å². The van der Waals surface area contributed by atoms with Crippen molar-refractivity contribution in [2.75, 3.05) is 18.4 Å². The summed E-state index contributed by atoms with van der Waals surface area (Å²) in [6.07, 6.45) is 2.88. The fraction of sp³-hybridized carbons (Fsp3) is 0.450. The number of carbonyl (C=O) groups excluding carboxylic acids is 1. The number of hydrogen-bond donors (Lipinski definition) is 1. The maximum absolute atomic E-state index is 14.8. The lowest BCUT2D eigenvalue weighted by Crippen LogP contribution is -2.58. The van der Waals surface area contributed by atoms with Crippen LogP contribution < -0.4 is 5.32 Å². The molecule has 2 aromatic rings. The van der Waals surface area contributed by atoms with Gasteiger partial charge in [0.25, 0.3) is 5.92 Å². The minimum atomic E-state index is -4.59. The number of nitrogens with one attached hydrogen (secondary N) is 1. The lowest BCUT2D eigenvalue weighted by atomic mass is 9.81. The molecule has 0 radical (unpaired) electrons. The molecule has 1 aliphatic rings. The molecule has 0 bridgehead atoms. The van der Waals surface area contributed by atoms with E-state index in [2.05, 4.69) is 15.5 Å². The monoisotopic (exact) mass is 456 g/mol. The molecule has 31 heavy (non-hydrogen) atoms. The third-order valence-corrected chi connectivity index (χ3v) is 8.62. The second kappa shape index (κ2) is 8.45. The Morgan fingerprint density at radius 3 is 2.39 bits per heavy atom. The van der Waals surface area contributed by atoms with Crippen LogP contribution in [0.5, 0.6) is 0 Å². The molecule has 1 aromatic carbocycles. The molecular formula is C20H23F3N4O3S. The predicted molar refractivity (Wildman–Crippen MR) is 108 cm³/mol. The van der Waals surface area contributed by atoms with Gasteiger partial charge in [0.05, 0.1) is 23.0 Å². The van der Waals surface area contributed by atoms with E-state index in [9.17, 15) is 26.4 Å². The number of aromatic nitrogens is 2. The van der Waals surface area contributed by atoms with Gasteiger partial charge in [-0.05, 0) is 49.9 Å². The second-order valence-corrected chi connectivity index (χ2v) is 10.1. The topological polar surface area (TPSA) is 92.3 Å². The van der Waals surface area contributed by atoms with E-state index in [-0.39, 0.29) is 25.9 Å². The lowest BCUT2D eigenvalue weighted by molar-refractivity contribution is -0.0470. The Bertz CT molecular complexity index is 1040. The number of carbonyl (C=O) groups is 1. The third-order valence-electron chi connectivity index (χ3n) is 5.93. The highest BCUT2D eigenvalue weighted by Crippen LogP contribution is 2.47. The number of rotatable bonds is 5. The molecule has 11 heteroatoms. The van der Waals surface area contributed by atoms with Crippen LogP contribution in [0.25, 0.3) is 0 Å². The quantitative estimate of drug-likeness (QED) is 0.740. The summed E-state index contributed by atoms with van der Waals surface area (Å²) in [6, 6.07) is 5.22. The van der Waals surface area contributed by atoms with Crippen molar-refractivity contribution in [2.45, 2.75) is 42.3 Å². The highest BCUT2D eigenvalue weighted by atomic mass is 32.2. The van der Waals surface area contributed by atoms with E-state index in [1.165, 1.54) is 23.4 Å². The van der Waals surface area contributed by atoms with E-state index in [1.807, 2.05) is 0 Å². The van der Waals surface area contributed by atoms with Gasteiger partial charge in [-0.1, -0.05) is 6.07 Å². The molecule has 1 fully saturated rings. The van der Waals surface area contributed by atoms with Gasteiger partial charge in [-0.25, -0.2) is 26.4 Å². The average Bonchev–Trinajstić information content (AvgIpc) is 2.73. The Morgan fingerprint density at radius 2 is 1.84 bits per heavy atom. The number of nitrogens with zero attached hydrogens (tertiary/aromatic N) is 3. The SMILES string of the molecule is CC(F)(F)C(C)(C1CCN(C(=O)Nc2ccnnc2)CC1)S(=O)(=O)c1cccc(F)c1. The van der Waals surface area contributed by atoms with Crippen LogP contribution >= 0.6 is 0 Å². The summed E-state index contributed by atoms with van der Waals surface area (Å²) in [5.41, 5.74) is 0.431. The number of alkyl halides is 2. The van der Waals surface area contributed by atoms with Crippen molar-refractivity contribution in [3.05, 3.63) is 48.5 Å². The first kappa shape index (κ1) is 23.0. The molecule has 2 amide bonds. The summed E-state index contributed by atoms with van der Waals surface area (Å²) in [6.45, 7) is 1.77. The molecule has 3 rings (SSSR count). The standard InChI is InChI=1S/C20H23F3N4O3S/c1-19(20(2,22)23,31(29,30)17-5-3-4-15(21)12-17)14-7-10-27(11-8-14)18(28)26-16-6-9-24-25-13-16/h3-6,9,12-14H,7-8,10-11H2,1-2H3,(H,24,26,28). The summed E-state index contributed by atoms with van der Waals surface area (Å²) >= 11 is 0. The Morgan fingerprint density at radius 1 is 1.16 bits per heavy atom. The Labute approximate surface area is 178 Å². The van der Waals surface area contributed by atoms with Gasteiger partial charge in [-0.2, -0.15) is 10.2 Å². The molecule has 7 nitrogen and oxygen atoms in total. The molecular weight excluding hydrogens is 433 g/mol. The van der Waals surface area contributed by atoms with E-state index >= 15 is 0 Å². The number of sulfone groups is 1. The van der Waals surface area contributed by atoms with Gasteiger partial charge < -0.3 is 10.2 Å². The molecule has 1 atom stereocenters. The minimum Gasteiger partial charge on any atom is -0.325 e. The predicted octanol–water partition coefficient (Wildman–Crippen LogP) is 3.75. The van der Waals surface area contributed by atoms with Crippen LogP contribution in [-0.2, 0) is 9.84 Å². The molecule has 0 aliphatic carbocycles. The van der Waals surface area contributed by atoms with Gasteiger partial charge in [0, 0.05) is 20.0 Å². The van der Waals surface area contributed by atoms with E-state index in [1.54, 1.807) is 6.07 Å². The number of urea groups is 1. The molecule has 168 valence electrons. The zero-order chi connectivity index (χ0) is 22.9. The van der Waals surface area contributed by atoms with Crippen LogP contribution in [0.4, 0.5) is 23.7 Å². The van der Waals surface area contributed by atoms with Crippen LogP contribution in [-0.4, -0.2) is 53.3 Å². The van der Waals surface area contributed by atoms with Crippen LogP contribution in [0.15, 0.2) is 47.6 Å². The minimum absolute atomic E-state index is 0.0521. The van der Waals surface area contributed by atoms with E-state index in [4.69, 9.17) is 0 Å². The zero-order valence-corrected chi connectivity index (χ0v) is 17.9. The van der Waals surface area contributed by atoms with Gasteiger partial charge in [0.1, 0.15) is 10.6 Å². The number of likely N-dealkylation sites (tertiary alicyclic amines) is 1. The summed E-state index contributed by atoms with van der Waals surface area (Å²) in [5.74, 6) is -5.36. The number of hydrogen-bond acceptors (Lipinski definition) is 5. The van der Waals surface area contributed by atoms with Crippen molar-refractivity contribution in [1.82, 2.24) is 15.1 Å². The molecule has 0 spiro atoms. The normalized spacial score (nSPS) is 17.8. The number of amides is 2. The first-order valence-electron chi connectivity index (χ1n) is 9.67. The van der Waals surface area contributed by atoms with Crippen LogP contribution in [0.1, 0.15) is 26.7 Å². The lowest BCUT2D eigenvalue weighted by Gasteiger charge is -2.44. The van der Waals surface area contributed by atoms with Gasteiger partial charge >= 0.3 is 6.03 Å². The Kier molecular flexibility index (Phi) is 6.26.